The Morgan fingerprint density at radius 1 is 1.19 bits per heavy atom. The number of amides is 1. The van der Waals surface area contributed by atoms with Gasteiger partial charge in [0.1, 0.15) is 5.76 Å². The minimum absolute atomic E-state index is 0.167. The molecule has 0 fully saturated rings. The van der Waals surface area contributed by atoms with Gasteiger partial charge >= 0.3 is 0 Å². The van der Waals surface area contributed by atoms with Gasteiger partial charge in [-0.05, 0) is 46.3 Å². The van der Waals surface area contributed by atoms with Crippen LogP contribution in [0.5, 0.6) is 0 Å². The van der Waals surface area contributed by atoms with E-state index in [1.807, 2.05) is 6.92 Å². The summed E-state index contributed by atoms with van der Waals surface area (Å²) in [7, 11) is 1.64. The summed E-state index contributed by atoms with van der Waals surface area (Å²) in [6.07, 6.45) is 2.67. The van der Waals surface area contributed by atoms with E-state index in [9.17, 15) is 4.79 Å². The lowest BCUT2D eigenvalue weighted by atomic mass is 10.1. The number of hydrogen-bond donors (Lipinski definition) is 0. The third-order valence-electron chi connectivity index (χ3n) is 2.95. The van der Waals surface area contributed by atoms with Crippen LogP contribution in [-0.2, 0) is 18.8 Å². The van der Waals surface area contributed by atoms with Crippen molar-refractivity contribution in [3.05, 3.63) is 11.3 Å². The Balaban J connectivity index is 4.45. The van der Waals surface area contributed by atoms with Gasteiger partial charge in [0.15, 0.2) is 8.32 Å². The van der Waals surface area contributed by atoms with Crippen LogP contribution in [0.2, 0.25) is 19.6 Å². The van der Waals surface area contributed by atoms with Crippen LogP contribution in [0.1, 0.15) is 33.1 Å². The van der Waals surface area contributed by atoms with Crippen LogP contribution >= 0.6 is 0 Å². The third kappa shape index (κ3) is 8.90. The molecule has 0 N–H and O–H groups in total. The second-order valence-corrected chi connectivity index (χ2v) is 10.4. The van der Waals surface area contributed by atoms with E-state index in [-0.39, 0.29) is 5.91 Å². The molecular formula is C15H31NO4Si. The third-order valence-corrected chi connectivity index (χ3v) is 4.02. The maximum atomic E-state index is 12.1. The zero-order valence-corrected chi connectivity index (χ0v) is 15.6. The Morgan fingerprint density at radius 2 is 1.81 bits per heavy atom. The summed E-state index contributed by atoms with van der Waals surface area (Å²) in [6, 6.07) is 0. The molecule has 0 rings (SSSR count). The first-order valence-corrected chi connectivity index (χ1v) is 10.9. The number of likely N-dealkylation sites (N-methyl/N-ethyl adjacent to an activating group) is 1. The second kappa shape index (κ2) is 9.97. The molecule has 21 heavy (non-hydrogen) atoms. The monoisotopic (exact) mass is 317 g/mol. The number of nitrogens with zero attached hydrogens (tertiary/aromatic N) is 1. The first kappa shape index (κ1) is 20.1. The highest BCUT2D eigenvalue weighted by atomic mass is 28.4. The van der Waals surface area contributed by atoms with Gasteiger partial charge in [-0.25, -0.2) is 5.06 Å². The summed E-state index contributed by atoms with van der Waals surface area (Å²) >= 11 is 0. The number of rotatable bonds is 10. The van der Waals surface area contributed by atoms with Gasteiger partial charge in [0.05, 0.1) is 19.3 Å². The molecule has 0 saturated heterocycles. The number of hydroxylamine groups is 2. The van der Waals surface area contributed by atoms with Crippen molar-refractivity contribution in [1.82, 2.24) is 5.06 Å². The molecule has 0 saturated carbocycles. The van der Waals surface area contributed by atoms with Crippen LogP contribution in [0, 0.1) is 0 Å². The highest BCUT2D eigenvalue weighted by Gasteiger charge is 2.17. The van der Waals surface area contributed by atoms with Crippen LogP contribution in [0.4, 0.5) is 0 Å². The maximum Gasteiger partial charge on any atom is 0.276 e. The van der Waals surface area contributed by atoms with E-state index >= 15 is 0 Å². The number of hydrogen-bond acceptors (Lipinski definition) is 4. The fourth-order valence-corrected chi connectivity index (χ4v) is 2.50. The molecule has 6 heteroatoms. The van der Waals surface area contributed by atoms with Crippen molar-refractivity contribution >= 4 is 14.2 Å². The number of unbranched alkanes of at least 4 members (excludes halogenated alkanes) is 1. The molecule has 0 bridgehead atoms. The fraction of sp³-hybridized carbons (Fsp3) is 0.800. The van der Waals surface area contributed by atoms with Crippen LogP contribution < -0.4 is 0 Å². The van der Waals surface area contributed by atoms with E-state index in [1.165, 1.54) is 12.2 Å². The molecule has 0 aliphatic carbocycles. The number of carbonyl (C=O) groups excluding carboxylic acids is 1. The van der Waals surface area contributed by atoms with Crippen molar-refractivity contribution in [2.45, 2.75) is 52.8 Å². The van der Waals surface area contributed by atoms with E-state index in [0.29, 0.717) is 12.2 Å². The summed E-state index contributed by atoms with van der Waals surface area (Å²) in [5, 5.41) is 1.21. The number of carbonyl (C=O) groups is 1. The van der Waals surface area contributed by atoms with Crippen LogP contribution in [0.25, 0.3) is 0 Å². The van der Waals surface area contributed by atoms with E-state index in [4.69, 9.17) is 14.0 Å². The van der Waals surface area contributed by atoms with Crippen molar-refractivity contribution in [3.8, 4) is 0 Å². The summed E-state index contributed by atoms with van der Waals surface area (Å²) in [5.74, 6) is 0.582. The molecule has 0 radical (unpaired) electrons. The first-order chi connectivity index (χ1) is 9.72. The van der Waals surface area contributed by atoms with E-state index in [0.717, 1.165) is 31.6 Å². The van der Waals surface area contributed by atoms with Crippen LogP contribution in [-0.4, -0.2) is 46.7 Å². The molecule has 0 spiro atoms. The van der Waals surface area contributed by atoms with Crippen molar-refractivity contribution in [1.29, 1.82) is 0 Å². The number of allylic oxidation sites excluding steroid dienone is 1. The predicted octanol–water partition coefficient (Wildman–Crippen LogP) is 3.34. The summed E-state index contributed by atoms with van der Waals surface area (Å²) < 4.78 is 11.4. The highest BCUT2D eigenvalue weighted by Crippen LogP contribution is 2.16. The minimum atomic E-state index is -1.43. The minimum Gasteiger partial charge on any atom is -0.498 e. The average molecular weight is 318 g/mol. The zero-order valence-electron chi connectivity index (χ0n) is 14.6. The molecular weight excluding hydrogens is 286 g/mol. The molecule has 0 aliphatic rings. The van der Waals surface area contributed by atoms with Gasteiger partial charge in [0.2, 0.25) is 0 Å². The molecule has 0 heterocycles. The first-order valence-electron chi connectivity index (χ1n) is 7.51. The van der Waals surface area contributed by atoms with E-state index < -0.39 is 8.32 Å². The standard InChI is InChI=1S/C15H31NO4Si/c1-8-19-14(13(2)15(17)16(3)18-4)11-9-10-12-20-21(5,6)7/h8-12H2,1-7H3/b14-13-. The highest BCUT2D eigenvalue weighted by molar-refractivity contribution is 6.69. The quantitative estimate of drug-likeness (QED) is 0.204. The zero-order chi connectivity index (χ0) is 16.5. The Bertz CT molecular complexity index is 350. The normalized spacial score (nSPS) is 12.9. The van der Waals surface area contributed by atoms with E-state index in [1.54, 1.807) is 14.0 Å². The molecule has 0 aromatic carbocycles. The molecule has 124 valence electrons. The van der Waals surface area contributed by atoms with Gasteiger partial charge in [-0.15, -0.1) is 0 Å². The topological polar surface area (TPSA) is 48.0 Å². The summed E-state index contributed by atoms with van der Waals surface area (Å²) in [5.41, 5.74) is 0.604. The van der Waals surface area contributed by atoms with Crippen LogP contribution in [0.15, 0.2) is 11.3 Å². The summed E-state index contributed by atoms with van der Waals surface area (Å²) in [4.78, 5) is 17.0. The maximum absolute atomic E-state index is 12.1. The van der Waals surface area contributed by atoms with Gasteiger partial charge in [0.25, 0.3) is 5.91 Å². The van der Waals surface area contributed by atoms with Crippen molar-refractivity contribution in [2.24, 2.45) is 0 Å². The Kier molecular flexibility index (Phi) is 9.57. The molecule has 1 amide bonds. The van der Waals surface area contributed by atoms with Crippen LogP contribution in [0.3, 0.4) is 0 Å². The van der Waals surface area contributed by atoms with E-state index in [2.05, 4.69) is 19.6 Å². The van der Waals surface area contributed by atoms with Crippen molar-refractivity contribution in [3.63, 3.8) is 0 Å². The largest absolute Gasteiger partial charge is 0.498 e. The summed E-state index contributed by atoms with van der Waals surface area (Å²) in [6.45, 7) is 11.6. The molecule has 0 aromatic heterocycles. The second-order valence-electron chi connectivity index (χ2n) is 5.88. The van der Waals surface area contributed by atoms with Gasteiger partial charge in [0, 0.05) is 20.1 Å². The lowest BCUT2D eigenvalue weighted by Gasteiger charge is -2.18. The van der Waals surface area contributed by atoms with Crippen molar-refractivity contribution < 1.29 is 18.8 Å². The SMILES string of the molecule is CCO/C(CCCCO[Si](C)(C)C)=C(/C)C(=O)N(C)OC. The smallest absolute Gasteiger partial charge is 0.276 e. The van der Waals surface area contributed by atoms with Gasteiger partial charge in [-0.3, -0.25) is 9.63 Å². The fourth-order valence-electron chi connectivity index (χ4n) is 1.75. The molecule has 0 atom stereocenters. The Morgan fingerprint density at radius 3 is 2.29 bits per heavy atom. The predicted molar refractivity (Wildman–Crippen MR) is 87.3 cm³/mol. The average Bonchev–Trinajstić information content (AvgIpc) is 2.42. The van der Waals surface area contributed by atoms with Gasteiger partial charge < -0.3 is 9.16 Å². The van der Waals surface area contributed by atoms with Gasteiger partial charge in [-0.2, -0.15) is 0 Å². The Labute approximate surface area is 130 Å². The molecule has 0 unspecified atom stereocenters. The molecule has 0 aromatic rings. The molecule has 5 nitrogen and oxygen atoms in total. The Hall–Kier alpha value is -0.853. The number of ether oxygens (including phenoxy) is 1. The lowest BCUT2D eigenvalue weighted by molar-refractivity contribution is -0.164. The molecule has 0 aliphatic heterocycles. The van der Waals surface area contributed by atoms with Gasteiger partial charge in [-0.1, -0.05) is 0 Å². The lowest BCUT2D eigenvalue weighted by Crippen LogP contribution is -2.27. The van der Waals surface area contributed by atoms with Crippen molar-refractivity contribution in [2.75, 3.05) is 27.4 Å².